The highest BCUT2D eigenvalue weighted by molar-refractivity contribution is 8.13. The van der Waals surface area contributed by atoms with E-state index in [4.69, 9.17) is 15.4 Å². The fraction of sp³-hybridized carbons (Fsp3) is 0.500. The lowest BCUT2D eigenvalue weighted by molar-refractivity contribution is 0.394. The zero-order valence-electron chi connectivity index (χ0n) is 10.5. The van der Waals surface area contributed by atoms with Gasteiger partial charge in [0.2, 0.25) is 9.05 Å². The number of benzene rings is 1. The lowest BCUT2D eigenvalue weighted by Crippen LogP contribution is -2.14. The van der Waals surface area contributed by atoms with Gasteiger partial charge in [0.25, 0.3) is 0 Å². The van der Waals surface area contributed by atoms with Crippen molar-refractivity contribution < 1.29 is 13.2 Å². The highest BCUT2D eigenvalue weighted by atomic mass is 35.7. The van der Waals surface area contributed by atoms with Gasteiger partial charge in [-0.05, 0) is 11.0 Å². The van der Waals surface area contributed by atoms with Crippen LogP contribution in [0, 0.1) is 0 Å². The Kier molecular flexibility index (Phi) is 4.10. The Morgan fingerprint density at radius 3 is 2.29 bits per heavy atom. The van der Waals surface area contributed by atoms with E-state index in [1.54, 1.807) is 6.07 Å². The molecule has 0 aliphatic heterocycles. The normalized spacial score (nSPS) is 12.5. The highest BCUT2D eigenvalue weighted by Gasteiger charge is 2.22. The smallest absolute Gasteiger partial charge is 0.236 e. The topological polar surface area (TPSA) is 43.4 Å². The van der Waals surface area contributed by atoms with Gasteiger partial charge in [0, 0.05) is 16.2 Å². The first-order valence-corrected chi connectivity index (χ1v) is 7.71. The third-order valence-electron chi connectivity index (χ3n) is 2.44. The van der Waals surface area contributed by atoms with Crippen LogP contribution in [0.1, 0.15) is 31.9 Å². The number of methoxy groups -OCH3 is 1. The number of ether oxygens (including phenoxy) is 1. The summed E-state index contributed by atoms with van der Waals surface area (Å²) in [6.07, 6.45) is 0. The summed E-state index contributed by atoms with van der Waals surface area (Å²) >= 11 is 0. The van der Waals surface area contributed by atoms with E-state index < -0.39 is 9.05 Å². The van der Waals surface area contributed by atoms with Gasteiger partial charge in [0.15, 0.2) is 0 Å². The van der Waals surface area contributed by atoms with E-state index in [0.717, 1.165) is 5.56 Å². The summed E-state index contributed by atoms with van der Waals surface area (Å²) in [5.74, 6) is 0.381. The highest BCUT2D eigenvalue weighted by Crippen LogP contribution is 2.34. The maximum Gasteiger partial charge on any atom is 0.236 e. The van der Waals surface area contributed by atoms with Gasteiger partial charge in [-0.2, -0.15) is 0 Å². The van der Waals surface area contributed by atoms with Crippen molar-refractivity contribution in [3.05, 3.63) is 29.3 Å². The number of rotatable bonds is 3. The van der Waals surface area contributed by atoms with Crippen LogP contribution in [-0.4, -0.2) is 15.5 Å². The Labute approximate surface area is 107 Å². The molecule has 0 spiro atoms. The zero-order valence-corrected chi connectivity index (χ0v) is 12.0. The minimum Gasteiger partial charge on any atom is -0.496 e. The fourth-order valence-electron chi connectivity index (χ4n) is 1.72. The lowest BCUT2D eigenvalue weighted by atomic mass is 9.85. The first-order valence-electron chi connectivity index (χ1n) is 5.24. The van der Waals surface area contributed by atoms with E-state index in [-0.39, 0.29) is 11.2 Å². The van der Waals surface area contributed by atoms with Crippen molar-refractivity contribution in [1.29, 1.82) is 0 Å². The van der Waals surface area contributed by atoms with Crippen molar-refractivity contribution in [2.45, 2.75) is 31.9 Å². The van der Waals surface area contributed by atoms with Gasteiger partial charge in [-0.1, -0.05) is 39.0 Å². The predicted molar refractivity (Wildman–Crippen MR) is 70.2 cm³/mol. The van der Waals surface area contributed by atoms with E-state index in [9.17, 15) is 8.42 Å². The van der Waals surface area contributed by atoms with Crippen LogP contribution >= 0.6 is 10.7 Å². The lowest BCUT2D eigenvalue weighted by Gasteiger charge is -2.23. The van der Waals surface area contributed by atoms with Crippen LogP contribution < -0.4 is 4.74 Å². The van der Waals surface area contributed by atoms with Crippen LogP contribution in [0.5, 0.6) is 5.75 Å². The van der Waals surface area contributed by atoms with Gasteiger partial charge >= 0.3 is 0 Å². The predicted octanol–water partition coefficient (Wildman–Crippen LogP) is 3.06. The summed E-state index contributed by atoms with van der Waals surface area (Å²) in [6.45, 7) is 6.14. The second kappa shape index (κ2) is 4.86. The molecule has 0 radical (unpaired) electrons. The van der Waals surface area contributed by atoms with E-state index in [2.05, 4.69) is 0 Å². The Balaban J connectivity index is 3.34. The van der Waals surface area contributed by atoms with Crippen molar-refractivity contribution in [3.63, 3.8) is 0 Å². The summed E-state index contributed by atoms with van der Waals surface area (Å²) in [7, 11) is 3.24. The van der Waals surface area contributed by atoms with Crippen LogP contribution in [-0.2, 0) is 20.2 Å². The molecule has 0 N–H and O–H groups in total. The van der Waals surface area contributed by atoms with Crippen molar-refractivity contribution in [1.82, 2.24) is 0 Å². The summed E-state index contributed by atoms with van der Waals surface area (Å²) in [6, 6.07) is 5.47. The van der Waals surface area contributed by atoms with Crippen LogP contribution in [0.25, 0.3) is 0 Å². The summed E-state index contributed by atoms with van der Waals surface area (Å²) in [4.78, 5) is 0. The van der Waals surface area contributed by atoms with Crippen LogP contribution in [0.2, 0.25) is 0 Å². The van der Waals surface area contributed by atoms with Gasteiger partial charge in [-0.3, -0.25) is 0 Å². The molecule has 0 atom stereocenters. The standard InChI is InChI=1S/C12H17ClO3S/c1-12(2,3)10-7-5-6-9(11(10)16-4)8-17(13,14)15/h5-7H,8H2,1-4H3. The minimum atomic E-state index is -3.58. The van der Waals surface area contributed by atoms with Crippen LogP contribution in [0.4, 0.5) is 0 Å². The molecule has 0 aliphatic rings. The molecule has 0 amide bonds. The summed E-state index contributed by atoms with van der Waals surface area (Å²) in [5.41, 5.74) is 1.45. The SMILES string of the molecule is COc1c(CS(=O)(=O)Cl)cccc1C(C)(C)C. The van der Waals surface area contributed by atoms with Crippen molar-refractivity contribution in [3.8, 4) is 5.75 Å². The Morgan fingerprint density at radius 1 is 1.29 bits per heavy atom. The molecule has 3 nitrogen and oxygen atoms in total. The Hall–Kier alpha value is -0.740. The first kappa shape index (κ1) is 14.3. The van der Waals surface area contributed by atoms with Crippen molar-refractivity contribution >= 4 is 19.7 Å². The maximum atomic E-state index is 11.1. The second-order valence-electron chi connectivity index (χ2n) is 4.93. The summed E-state index contributed by atoms with van der Waals surface area (Å²) in [5, 5.41) is 0. The number of hydrogen-bond donors (Lipinski definition) is 0. The molecule has 0 aliphatic carbocycles. The fourth-order valence-corrected chi connectivity index (χ4v) is 2.67. The number of para-hydroxylation sites is 1. The van der Waals surface area contributed by atoms with Crippen LogP contribution in [0.15, 0.2) is 18.2 Å². The average Bonchev–Trinajstić information content (AvgIpc) is 2.13. The molecular formula is C12H17ClO3S. The molecule has 1 aromatic carbocycles. The van der Waals surface area contributed by atoms with Gasteiger partial charge in [-0.25, -0.2) is 8.42 Å². The molecule has 0 saturated heterocycles. The monoisotopic (exact) mass is 276 g/mol. The van der Waals surface area contributed by atoms with Crippen LogP contribution in [0.3, 0.4) is 0 Å². The molecule has 5 heteroatoms. The molecule has 1 aromatic rings. The Bertz CT molecular complexity index is 501. The minimum absolute atomic E-state index is 0.114. The second-order valence-corrected chi connectivity index (χ2v) is 7.71. The van der Waals surface area contributed by atoms with Crippen molar-refractivity contribution in [2.75, 3.05) is 7.11 Å². The molecule has 0 aromatic heterocycles. The molecule has 0 saturated carbocycles. The summed E-state index contributed by atoms with van der Waals surface area (Å²) < 4.78 is 27.6. The van der Waals surface area contributed by atoms with E-state index in [1.165, 1.54) is 7.11 Å². The van der Waals surface area contributed by atoms with E-state index in [0.29, 0.717) is 11.3 Å². The van der Waals surface area contributed by atoms with Gasteiger partial charge in [-0.15, -0.1) is 0 Å². The molecule has 96 valence electrons. The van der Waals surface area contributed by atoms with Gasteiger partial charge in [0.05, 0.1) is 12.9 Å². The van der Waals surface area contributed by atoms with Gasteiger partial charge < -0.3 is 4.74 Å². The maximum absolute atomic E-state index is 11.1. The largest absolute Gasteiger partial charge is 0.496 e. The third kappa shape index (κ3) is 3.89. The molecule has 0 fully saturated rings. The number of halogens is 1. The van der Waals surface area contributed by atoms with Crippen molar-refractivity contribution in [2.24, 2.45) is 0 Å². The van der Waals surface area contributed by atoms with E-state index in [1.807, 2.05) is 32.9 Å². The van der Waals surface area contributed by atoms with E-state index >= 15 is 0 Å². The zero-order chi connectivity index (χ0) is 13.3. The van der Waals surface area contributed by atoms with Gasteiger partial charge in [0.1, 0.15) is 5.75 Å². The molecular weight excluding hydrogens is 260 g/mol. The average molecular weight is 277 g/mol. The molecule has 1 rings (SSSR count). The first-order chi connectivity index (χ1) is 7.65. The Morgan fingerprint density at radius 2 is 1.88 bits per heavy atom. The molecule has 0 heterocycles. The quantitative estimate of drug-likeness (QED) is 0.797. The third-order valence-corrected chi connectivity index (χ3v) is 3.42. The molecule has 0 unspecified atom stereocenters. The number of hydrogen-bond acceptors (Lipinski definition) is 3. The molecule has 0 bridgehead atoms. The molecule has 17 heavy (non-hydrogen) atoms.